The van der Waals surface area contributed by atoms with E-state index in [-0.39, 0.29) is 5.91 Å². The molecular formula is C8H8BrClN2O. The van der Waals surface area contributed by atoms with Crippen LogP contribution in [0.3, 0.4) is 0 Å². The predicted octanol–water partition coefficient (Wildman–Crippen LogP) is 2.32. The van der Waals surface area contributed by atoms with Crippen molar-refractivity contribution in [2.24, 2.45) is 0 Å². The molecule has 0 unspecified atom stereocenters. The monoisotopic (exact) mass is 262 g/mol. The number of H-pyrrole nitrogens is 1. The lowest BCUT2D eigenvalue weighted by atomic mass is 10.4. The summed E-state index contributed by atoms with van der Waals surface area (Å²) in [5.74, 6) is -0.0879. The van der Waals surface area contributed by atoms with E-state index < -0.39 is 0 Å². The van der Waals surface area contributed by atoms with Crippen LogP contribution in [-0.4, -0.2) is 16.9 Å². The van der Waals surface area contributed by atoms with Gasteiger partial charge in [-0.2, -0.15) is 0 Å². The van der Waals surface area contributed by atoms with Crippen molar-refractivity contribution in [1.29, 1.82) is 0 Å². The van der Waals surface area contributed by atoms with Crippen molar-refractivity contribution in [1.82, 2.24) is 10.3 Å². The van der Waals surface area contributed by atoms with Crippen molar-refractivity contribution in [2.45, 2.75) is 18.9 Å². The third kappa shape index (κ3) is 2.06. The molecule has 2 rings (SSSR count). The largest absolute Gasteiger partial charge is 0.348 e. The highest BCUT2D eigenvalue weighted by molar-refractivity contribution is 9.10. The smallest absolute Gasteiger partial charge is 0.267 e. The molecule has 0 aliphatic heterocycles. The molecule has 1 fully saturated rings. The van der Waals surface area contributed by atoms with Gasteiger partial charge in [0, 0.05) is 6.04 Å². The molecule has 13 heavy (non-hydrogen) atoms. The Hall–Kier alpha value is -0.480. The Morgan fingerprint density at radius 3 is 2.85 bits per heavy atom. The number of amides is 1. The molecule has 1 amide bonds. The zero-order chi connectivity index (χ0) is 9.42. The molecule has 70 valence electrons. The summed E-state index contributed by atoms with van der Waals surface area (Å²) in [6, 6.07) is 2.05. The number of carbonyl (C=O) groups is 1. The number of hydrogen-bond acceptors (Lipinski definition) is 1. The molecule has 1 aliphatic carbocycles. The molecule has 1 aromatic rings. The summed E-state index contributed by atoms with van der Waals surface area (Å²) < 4.78 is 0.718. The molecule has 0 saturated heterocycles. The average molecular weight is 264 g/mol. The van der Waals surface area contributed by atoms with Crippen LogP contribution in [0.2, 0.25) is 5.15 Å². The highest BCUT2D eigenvalue weighted by Crippen LogP contribution is 2.24. The number of aromatic amines is 1. The van der Waals surface area contributed by atoms with Crippen LogP contribution < -0.4 is 5.32 Å². The Balaban J connectivity index is 2.09. The summed E-state index contributed by atoms with van der Waals surface area (Å²) in [5.41, 5.74) is 0.503. The minimum absolute atomic E-state index is 0.0879. The van der Waals surface area contributed by atoms with Crippen LogP contribution in [0.5, 0.6) is 0 Å². The van der Waals surface area contributed by atoms with E-state index in [0.29, 0.717) is 16.9 Å². The number of hydrogen-bond donors (Lipinski definition) is 2. The normalized spacial score (nSPS) is 15.8. The van der Waals surface area contributed by atoms with E-state index in [1.54, 1.807) is 6.07 Å². The van der Waals surface area contributed by atoms with Crippen molar-refractivity contribution in [2.75, 3.05) is 0 Å². The molecule has 0 spiro atoms. The summed E-state index contributed by atoms with van der Waals surface area (Å²) in [6.45, 7) is 0. The van der Waals surface area contributed by atoms with Crippen molar-refractivity contribution in [3.63, 3.8) is 0 Å². The van der Waals surface area contributed by atoms with Crippen LogP contribution in [0.15, 0.2) is 10.5 Å². The first kappa shape index (κ1) is 9.09. The summed E-state index contributed by atoms with van der Waals surface area (Å²) in [6.07, 6.45) is 2.17. The molecule has 1 saturated carbocycles. The SMILES string of the molecule is O=C(NC1CC1)c1cc(Br)c(Cl)[nH]1. The molecule has 3 nitrogen and oxygen atoms in total. The Morgan fingerprint density at radius 1 is 1.69 bits per heavy atom. The zero-order valence-corrected chi connectivity index (χ0v) is 9.08. The van der Waals surface area contributed by atoms with Crippen LogP contribution in [-0.2, 0) is 0 Å². The highest BCUT2D eigenvalue weighted by atomic mass is 79.9. The Morgan fingerprint density at radius 2 is 2.38 bits per heavy atom. The zero-order valence-electron chi connectivity index (χ0n) is 6.73. The van der Waals surface area contributed by atoms with E-state index in [1.807, 2.05) is 0 Å². The van der Waals surface area contributed by atoms with Crippen LogP contribution in [0.4, 0.5) is 0 Å². The van der Waals surface area contributed by atoms with Crippen molar-refractivity contribution in [3.8, 4) is 0 Å². The van der Waals surface area contributed by atoms with E-state index in [0.717, 1.165) is 17.3 Å². The highest BCUT2D eigenvalue weighted by Gasteiger charge is 2.24. The Kier molecular flexibility index (Phi) is 2.34. The predicted molar refractivity (Wildman–Crippen MR) is 54.0 cm³/mol. The van der Waals surface area contributed by atoms with Gasteiger partial charge < -0.3 is 10.3 Å². The van der Waals surface area contributed by atoms with E-state index in [1.165, 1.54) is 0 Å². The van der Waals surface area contributed by atoms with Gasteiger partial charge in [0.05, 0.1) is 4.47 Å². The number of halogens is 2. The van der Waals surface area contributed by atoms with Crippen LogP contribution in [0, 0.1) is 0 Å². The summed E-state index contributed by atoms with van der Waals surface area (Å²) in [7, 11) is 0. The number of aromatic nitrogens is 1. The van der Waals surface area contributed by atoms with E-state index >= 15 is 0 Å². The van der Waals surface area contributed by atoms with Gasteiger partial charge in [-0.25, -0.2) is 0 Å². The van der Waals surface area contributed by atoms with Crippen LogP contribution >= 0.6 is 27.5 Å². The topological polar surface area (TPSA) is 44.9 Å². The summed E-state index contributed by atoms with van der Waals surface area (Å²) in [4.78, 5) is 14.2. The second kappa shape index (κ2) is 3.35. The molecule has 2 N–H and O–H groups in total. The Bertz CT molecular complexity index is 326. The number of rotatable bonds is 2. The quantitative estimate of drug-likeness (QED) is 0.845. The first-order valence-electron chi connectivity index (χ1n) is 4.01. The minimum atomic E-state index is -0.0879. The fraction of sp³-hybridized carbons (Fsp3) is 0.375. The van der Waals surface area contributed by atoms with Gasteiger partial charge in [0.2, 0.25) is 0 Å². The summed E-state index contributed by atoms with van der Waals surface area (Å²) >= 11 is 8.97. The van der Waals surface area contributed by atoms with E-state index in [2.05, 4.69) is 26.2 Å². The fourth-order valence-electron chi connectivity index (χ4n) is 1.02. The van der Waals surface area contributed by atoms with Gasteiger partial charge in [-0.3, -0.25) is 4.79 Å². The molecule has 1 aliphatic rings. The lowest BCUT2D eigenvalue weighted by Gasteiger charge is -1.98. The van der Waals surface area contributed by atoms with Gasteiger partial charge in [-0.1, -0.05) is 11.6 Å². The molecule has 1 heterocycles. The van der Waals surface area contributed by atoms with Crippen LogP contribution in [0.25, 0.3) is 0 Å². The van der Waals surface area contributed by atoms with Crippen molar-refractivity contribution < 1.29 is 4.79 Å². The van der Waals surface area contributed by atoms with E-state index in [4.69, 9.17) is 11.6 Å². The van der Waals surface area contributed by atoms with Gasteiger partial charge >= 0.3 is 0 Å². The lowest BCUT2D eigenvalue weighted by Crippen LogP contribution is -2.25. The molecule has 0 radical (unpaired) electrons. The number of nitrogens with one attached hydrogen (secondary N) is 2. The molecule has 5 heteroatoms. The minimum Gasteiger partial charge on any atom is -0.348 e. The maximum atomic E-state index is 11.4. The van der Waals surface area contributed by atoms with Gasteiger partial charge in [0.15, 0.2) is 0 Å². The van der Waals surface area contributed by atoms with Crippen molar-refractivity contribution in [3.05, 3.63) is 21.4 Å². The molecule has 1 aromatic heterocycles. The summed E-state index contributed by atoms with van der Waals surface area (Å²) in [5, 5.41) is 3.32. The van der Waals surface area contributed by atoms with Gasteiger partial charge in [-0.15, -0.1) is 0 Å². The van der Waals surface area contributed by atoms with Crippen LogP contribution in [0.1, 0.15) is 23.3 Å². The standard InChI is InChI=1S/C8H8BrClN2O/c9-5-3-6(12-7(5)10)8(13)11-4-1-2-4/h3-4,12H,1-2H2,(H,11,13). The van der Waals surface area contributed by atoms with E-state index in [9.17, 15) is 4.79 Å². The van der Waals surface area contributed by atoms with Gasteiger partial charge in [-0.05, 0) is 34.8 Å². The van der Waals surface area contributed by atoms with Crippen molar-refractivity contribution >= 4 is 33.4 Å². The van der Waals surface area contributed by atoms with Gasteiger partial charge in [0.1, 0.15) is 10.8 Å². The molecule has 0 aromatic carbocycles. The second-order valence-electron chi connectivity index (χ2n) is 3.09. The maximum Gasteiger partial charge on any atom is 0.267 e. The maximum absolute atomic E-state index is 11.4. The fourth-order valence-corrected chi connectivity index (χ4v) is 1.50. The third-order valence-corrected chi connectivity index (χ3v) is 3.03. The Labute approximate surface area is 89.0 Å². The lowest BCUT2D eigenvalue weighted by molar-refractivity contribution is 0.0946. The molecular weight excluding hydrogens is 255 g/mol. The van der Waals surface area contributed by atoms with Gasteiger partial charge in [0.25, 0.3) is 5.91 Å². The number of carbonyl (C=O) groups excluding carboxylic acids is 1. The molecule has 0 bridgehead atoms. The first-order chi connectivity index (χ1) is 6.16. The first-order valence-corrected chi connectivity index (χ1v) is 5.19. The molecule has 0 atom stereocenters. The average Bonchev–Trinajstić information content (AvgIpc) is 2.81. The third-order valence-electron chi connectivity index (χ3n) is 1.88. The second-order valence-corrected chi connectivity index (χ2v) is 4.32.